The van der Waals surface area contributed by atoms with Crippen molar-refractivity contribution in [2.75, 3.05) is 39.3 Å². The van der Waals surface area contributed by atoms with Crippen molar-refractivity contribution < 1.29 is 14.6 Å². The van der Waals surface area contributed by atoms with Gasteiger partial charge in [-0.1, -0.05) is 6.92 Å². The summed E-state index contributed by atoms with van der Waals surface area (Å²) in [6.45, 7) is 13.6. The molecule has 2 rings (SSSR count). The molecule has 0 aromatic carbocycles. The standard InChI is InChI=1S/C16H32N2O3/c1-5-16-11-18(8-14(4)21-16)10-15(19)9-17-6-12(2)20-13(3)7-17/h12-16,19H,5-11H2,1-4H3. The fourth-order valence-electron chi connectivity index (χ4n) is 3.60. The average molecular weight is 300 g/mol. The van der Waals surface area contributed by atoms with E-state index < -0.39 is 0 Å². The molecule has 5 heteroatoms. The highest BCUT2D eigenvalue weighted by Crippen LogP contribution is 2.15. The van der Waals surface area contributed by atoms with Gasteiger partial charge in [0.2, 0.25) is 0 Å². The fourth-order valence-corrected chi connectivity index (χ4v) is 3.60. The lowest BCUT2D eigenvalue weighted by Crippen LogP contribution is -2.52. The molecule has 5 atom stereocenters. The Labute approximate surface area is 129 Å². The van der Waals surface area contributed by atoms with E-state index in [1.54, 1.807) is 0 Å². The number of ether oxygens (including phenoxy) is 2. The van der Waals surface area contributed by atoms with Crippen LogP contribution in [0.5, 0.6) is 0 Å². The molecule has 2 heterocycles. The van der Waals surface area contributed by atoms with Crippen molar-refractivity contribution in [1.29, 1.82) is 0 Å². The zero-order valence-corrected chi connectivity index (χ0v) is 14.0. The van der Waals surface area contributed by atoms with Crippen LogP contribution in [0.3, 0.4) is 0 Å². The number of β-amino-alcohol motifs (C(OH)–C–C–N with tert-alkyl or cyclic N) is 1. The Morgan fingerprint density at radius 2 is 1.38 bits per heavy atom. The second kappa shape index (κ2) is 7.88. The third-order valence-corrected chi connectivity index (χ3v) is 4.29. The van der Waals surface area contributed by atoms with Crippen molar-refractivity contribution in [3.05, 3.63) is 0 Å². The number of hydrogen-bond donors (Lipinski definition) is 1. The number of hydrogen-bond acceptors (Lipinski definition) is 5. The molecule has 5 nitrogen and oxygen atoms in total. The van der Waals surface area contributed by atoms with Crippen molar-refractivity contribution in [2.45, 2.75) is 64.6 Å². The third kappa shape index (κ3) is 5.49. The van der Waals surface area contributed by atoms with Gasteiger partial charge in [0.05, 0.1) is 30.5 Å². The average Bonchev–Trinajstić information content (AvgIpc) is 2.36. The third-order valence-electron chi connectivity index (χ3n) is 4.29. The summed E-state index contributed by atoms with van der Waals surface area (Å²) in [6.07, 6.45) is 1.83. The van der Waals surface area contributed by atoms with Gasteiger partial charge < -0.3 is 14.6 Å². The van der Waals surface area contributed by atoms with Gasteiger partial charge in [-0.15, -0.1) is 0 Å². The van der Waals surface area contributed by atoms with Crippen molar-refractivity contribution in [3.63, 3.8) is 0 Å². The Bertz CT molecular complexity index is 306. The molecule has 21 heavy (non-hydrogen) atoms. The van der Waals surface area contributed by atoms with E-state index in [4.69, 9.17) is 9.47 Å². The quantitative estimate of drug-likeness (QED) is 0.819. The molecule has 0 aromatic heterocycles. The Balaban J connectivity index is 1.77. The Morgan fingerprint density at radius 1 is 0.905 bits per heavy atom. The number of aliphatic hydroxyl groups is 1. The predicted molar refractivity (Wildman–Crippen MR) is 83.5 cm³/mol. The van der Waals surface area contributed by atoms with E-state index in [1.807, 2.05) is 0 Å². The number of morpholine rings is 2. The zero-order valence-electron chi connectivity index (χ0n) is 14.0. The summed E-state index contributed by atoms with van der Waals surface area (Å²) < 4.78 is 11.6. The smallest absolute Gasteiger partial charge is 0.0793 e. The number of aliphatic hydroxyl groups excluding tert-OH is 1. The van der Waals surface area contributed by atoms with Gasteiger partial charge in [-0.05, 0) is 27.2 Å². The van der Waals surface area contributed by atoms with Crippen molar-refractivity contribution in [2.24, 2.45) is 0 Å². The molecule has 124 valence electrons. The van der Waals surface area contributed by atoms with E-state index in [0.29, 0.717) is 6.10 Å². The highest BCUT2D eigenvalue weighted by molar-refractivity contribution is 4.80. The second-order valence-electron chi connectivity index (χ2n) is 6.83. The molecule has 1 N–H and O–H groups in total. The molecule has 5 unspecified atom stereocenters. The maximum Gasteiger partial charge on any atom is 0.0793 e. The Morgan fingerprint density at radius 3 is 1.90 bits per heavy atom. The lowest BCUT2D eigenvalue weighted by Gasteiger charge is -2.39. The van der Waals surface area contributed by atoms with E-state index >= 15 is 0 Å². The number of rotatable bonds is 5. The van der Waals surface area contributed by atoms with E-state index in [1.165, 1.54) is 0 Å². The van der Waals surface area contributed by atoms with Crippen LogP contribution in [0.2, 0.25) is 0 Å². The monoisotopic (exact) mass is 300 g/mol. The second-order valence-corrected chi connectivity index (χ2v) is 6.83. The van der Waals surface area contributed by atoms with Crippen LogP contribution >= 0.6 is 0 Å². The summed E-state index contributed by atoms with van der Waals surface area (Å²) in [4.78, 5) is 4.67. The van der Waals surface area contributed by atoms with E-state index in [-0.39, 0.29) is 24.4 Å². The summed E-state index contributed by atoms with van der Waals surface area (Å²) in [5.74, 6) is 0. The van der Waals surface area contributed by atoms with Crippen LogP contribution in [-0.2, 0) is 9.47 Å². The highest BCUT2D eigenvalue weighted by atomic mass is 16.5. The minimum absolute atomic E-state index is 0.258. The topological polar surface area (TPSA) is 45.2 Å². The predicted octanol–water partition coefficient (Wildman–Crippen LogP) is 0.956. The van der Waals surface area contributed by atoms with Crippen LogP contribution in [0, 0.1) is 0 Å². The molecule has 0 saturated carbocycles. The highest BCUT2D eigenvalue weighted by Gasteiger charge is 2.28. The van der Waals surface area contributed by atoms with Gasteiger partial charge in [0, 0.05) is 39.3 Å². The molecule has 0 aromatic rings. The molecule has 0 bridgehead atoms. The van der Waals surface area contributed by atoms with Crippen LogP contribution in [0.4, 0.5) is 0 Å². The lowest BCUT2D eigenvalue weighted by molar-refractivity contribution is -0.0955. The number of nitrogens with zero attached hydrogens (tertiary/aromatic N) is 2. The van der Waals surface area contributed by atoms with E-state index in [2.05, 4.69) is 37.5 Å². The van der Waals surface area contributed by atoms with Crippen molar-refractivity contribution in [3.8, 4) is 0 Å². The van der Waals surface area contributed by atoms with Gasteiger partial charge in [0.25, 0.3) is 0 Å². The summed E-state index contributed by atoms with van der Waals surface area (Å²) >= 11 is 0. The molecule has 0 radical (unpaired) electrons. The van der Waals surface area contributed by atoms with Gasteiger partial charge in [-0.2, -0.15) is 0 Å². The molecule has 0 aliphatic carbocycles. The van der Waals surface area contributed by atoms with E-state index in [9.17, 15) is 5.11 Å². The maximum absolute atomic E-state index is 10.4. The van der Waals surface area contributed by atoms with Gasteiger partial charge in [0.15, 0.2) is 0 Å². The largest absolute Gasteiger partial charge is 0.390 e. The SMILES string of the molecule is CCC1CN(CC(O)CN2CC(C)OC(C)C2)CC(C)O1. The summed E-state index contributed by atoms with van der Waals surface area (Å²) in [6, 6.07) is 0. The molecule has 2 aliphatic rings. The van der Waals surface area contributed by atoms with Gasteiger partial charge in [-0.25, -0.2) is 0 Å². The first-order valence-electron chi connectivity index (χ1n) is 8.40. The van der Waals surface area contributed by atoms with Crippen LogP contribution in [0.25, 0.3) is 0 Å². The van der Waals surface area contributed by atoms with E-state index in [0.717, 1.165) is 45.7 Å². The molecule has 0 spiro atoms. The summed E-state index contributed by atoms with van der Waals surface area (Å²) in [7, 11) is 0. The van der Waals surface area contributed by atoms with Crippen molar-refractivity contribution >= 4 is 0 Å². The molecular weight excluding hydrogens is 268 g/mol. The normalized spacial score (nSPS) is 37.6. The summed E-state index contributed by atoms with van der Waals surface area (Å²) in [5.41, 5.74) is 0. The Kier molecular flexibility index (Phi) is 6.44. The first-order valence-corrected chi connectivity index (χ1v) is 8.40. The molecular formula is C16H32N2O3. The van der Waals surface area contributed by atoms with Gasteiger partial charge in [-0.3, -0.25) is 9.80 Å². The van der Waals surface area contributed by atoms with Crippen LogP contribution in [-0.4, -0.2) is 84.7 Å². The first kappa shape index (κ1) is 17.2. The minimum Gasteiger partial charge on any atom is -0.390 e. The van der Waals surface area contributed by atoms with Gasteiger partial charge >= 0.3 is 0 Å². The Hall–Kier alpha value is -0.200. The fraction of sp³-hybridized carbons (Fsp3) is 1.00. The molecule has 0 amide bonds. The zero-order chi connectivity index (χ0) is 15.4. The molecule has 2 saturated heterocycles. The molecule has 2 aliphatic heterocycles. The first-order chi connectivity index (χ1) is 9.96. The maximum atomic E-state index is 10.4. The van der Waals surface area contributed by atoms with Gasteiger partial charge in [0.1, 0.15) is 0 Å². The minimum atomic E-state index is -0.301. The van der Waals surface area contributed by atoms with Crippen molar-refractivity contribution in [1.82, 2.24) is 9.80 Å². The van der Waals surface area contributed by atoms with Crippen LogP contribution in [0.1, 0.15) is 34.1 Å². The van der Waals surface area contributed by atoms with Crippen LogP contribution in [0.15, 0.2) is 0 Å². The lowest BCUT2D eigenvalue weighted by atomic mass is 10.1. The molecule has 2 fully saturated rings. The van der Waals surface area contributed by atoms with Crippen LogP contribution < -0.4 is 0 Å². The summed E-state index contributed by atoms with van der Waals surface area (Å²) in [5, 5.41) is 10.4.